The molecule has 0 saturated carbocycles. The minimum Gasteiger partial charge on any atom is -0.468 e. The van der Waals surface area contributed by atoms with Gasteiger partial charge in [0.25, 0.3) is 0 Å². The van der Waals surface area contributed by atoms with Gasteiger partial charge >= 0.3 is 0 Å². The lowest BCUT2D eigenvalue weighted by molar-refractivity contribution is -0.0116. The zero-order valence-electron chi connectivity index (χ0n) is 13.6. The Balaban J connectivity index is 1.96. The van der Waals surface area contributed by atoms with Crippen molar-refractivity contribution in [3.05, 3.63) is 48.2 Å². The van der Waals surface area contributed by atoms with Crippen LogP contribution in [-0.4, -0.2) is 39.9 Å². The van der Waals surface area contributed by atoms with Gasteiger partial charge in [0, 0.05) is 32.0 Å². The number of furan rings is 1. The molecule has 2 aromatic heterocycles. The van der Waals surface area contributed by atoms with Gasteiger partial charge in [-0.15, -0.1) is 0 Å². The van der Waals surface area contributed by atoms with Crippen molar-refractivity contribution in [2.75, 3.05) is 13.2 Å². The van der Waals surface area contributed by atoms with Crippen molar-refractivity contribution in [2.45, 2.75) is 39.1 Å². The van der Waals surface area contributed by atoms with E-state index in [1.165, 1.54) is 5.69 Å². The molecule has 22 heavy (non-hydrogen) atoms. The van der Waals surface area contributed by atoms with E-state index in [1.807, 2.05) is 45.3 Å². The number of aryl methyl sites for hydroxylation is 1. The highest BCUT2D eigenvalue weighted by Gasteiger charge is 2.16. The molecule has 1 unspecified atom stereocenters. The molecule has 2 heterocycles. The average Bonchev–Trinajstić information content (AvgIpc) is 3.09. The van der Waals surface area contributed by atoms with Crippen molar-refractivity contribution in [2.24, 2.45) is 7.05 Å². The van der Waals surface area contributed by atoms with Crippen LogP contribution in [0.15, 0.2) is 41.1 Å². The Morgan fingerprint density at radius 2 is 2.09 bits per heavy atom. The maximum absolute atomic E-state index is 10.2. The number of nitrogens with zero attached hydrogens (tertiary/aromatic N) is 2. The molecule has 0 amide bonds. The van der Waals surface area contributed by atoms with E-state index in [1.54, 1.807) is 6.26 Å². The molecular formula is C17H26N2O3. The van der Waals surface area contributed by atoms with Crippen LogP contribution in [0.5, 0.6) is 0 Å². The summed E-state index contributed by atoms with van der Waals surface area (Å²) in [5.74, 6) is 0.895. The van der Waals surface area contributed by atoms with E-state index in [0.717, 1.165) is 12.3 Å². The molecule has 0 bridgehead atoms. The molecule has 5 nitrogen and oxygen atoms in total. The Labute approximate surface area is 132 Å². The van der Waals surface area contributed by atoms with Crippen LogP contribution in [0.25, 0.3) is 0 Å². The lowest BCUT2D eigenvalue weighted by Gasteiger charge is -2.25. The summed E-state index contributed by atoms with van der Waals surface area (Å²) in [5.41, 5.74) is 1.20. The highest BCUT2D eigenvalue weighted by molar-refractivity contribution is 5.07. The first-order valence-corrected chi connectivity index (χ1v) is 7.69. The number of aromatic nitrogens is 1. The molecule has 0 saturated heterocycles. The summed E-state index contributed by atoms with van der Waals surface area (Å²) in [5, 5.41) is 10.2. The number of hydrogen-bond acceptors (Lipinski definition) is 4. The molecule has 2 rings (SSSR count). The maximum Gasteiger partial charge on any atom is 0.117 e. The molecule has 0 aromatic carbocycles. The summed E-state index contributed by atoms with van der Waals surface area (Å²) in [4.78, 5) is 2.17. The third kappa shape index (κ3) is 5.33. The topological polar surface area (TPSA) is 50.8 Å². The predicted molar refractivity (Wildman–Crippen MR) is 85.3 cm³/mol. The zero-order chi connectivity index (χ0) is 15.9. The lowest BCUT2D eigenvalue weighted by Crippen LogP contribution is -2.35. The smallest absolute Gasteiger partial charge is 0.117 e. The van der Waals surface area contributed by atoms with Gasteiger partial charge in [-0.2, -0.15) is 0 Å². The molecular weight excluding hydrogens is 280 g/mol. The second-order valence-electron chi connectivity index (χ2n) is 5.90. The molecule has 2 aromatic rings. The van der Waals surface area contributed by atoms with Crippen LogP contribution < -0.4 is 0 Å². The molecule has 0 spiro atoms. The number of ether oxygens (including phenoxy) is 1. The van der Waals surface area contributed by atoms with Crippen molar-refractivity contribution in [3.8, 4) is 0 Å². The van der Waals surface area contributed by atoms with Gasteiger partial charge in [-0.05, 0) is 38.1 Å². The van der Waals surface area contributed by atoms with E-state index in [0.29, 0.717) is 19.7 Å². The van der Waals surface area contributed by atoms with Crippen LogP contribution >= 0.6 is 0 Å². The van der Waals surface area contributed by atoms with Gasteiger partial charge in [-0.1, -0.05) is 0 Å². The molecule has 0 fully saturated rings. The Morgan fingerprint density at radius 1 is 1.27 bits per heavy atom. The van der Waals surface area contributed by atoms with Crippen molar-refractivity contribution >= 4 is 0 Å². The van der Waals surface area contributed by atoms with Gasteiger partial charge in [0.2, 0.25) is 0 Å². The first-order chi connectivity index (χ1) is 10.5. The van der Waals surface area contributed by atoms with Crippen LogP contribution in [0.2, 0.25) is 0 Å². The summed E-state index contributed by atoms with van der Waals surface area (Å²) < 4.78 is 13.0. The van der Waals surface area contributed by atoms with Crippen molar-refractivity contribution in [1.82, 2.24) is 9.47 Å². The summed E-state index contributed by atoms with van der Waals surface area (Å²) >= 11 is 0. The monoisotopic (exact) mass is 306 g/mol. The van der Waals surface area contributed by atoms with Gasteiger partial charge in [0.15, 0.2) is 0 Å². The predicted octanol–water partition coefficient (Wildman–Crippen LogP) is 2.41. The highest BCUT2D eigenvalue weighted by Crippen LogP contribution is 2.12. The molecule has 0 aliphatic heterocycles. The quantitative estimate of drug-likeness (QED) is 0.773. The highest BCUT2D eigenvalue weighted by atomic mass is 16.5. The van der Waals surface area contributed by atoms with Crippen LogP contribution in [0.4, 0.5) is 0 Å². The van der Waals surface area contributed by atoms with Gasteiger partial charge in [-0.25, -0.2) is 0 Å². The van der Waals surface area contributed by atoms with Crippen LogP contribution in [0, 0.1) is 0 Å². The lowest BCUT2D eigenvalue weighted by atomic mass is 10.2. The van der Waals surface area contributed by atoms with E-state index in [2.05, 4.69) is 15.5 Å². The molecule has 0 aliphatic rings. The van der Waals surface area contributed by atoms with Crippen molar-refractivity contribution in [3.63, 3.8) is 0 Å². The largest absolute Gasteiger partial charge is 0.468 e. The molecule has 122 valence electrons. The fourth-order valence-electron chi connectivity index (χ4n) is 2.35. The fraction of sp³-hybridized carbons (Fsp3) is 0.529. The summed E-state index contributed by atoms with van der Waals surface area (Å²) in [6.45, 7) is 6.24. The fourth-order valence-corrected chi connectivity index (χ4v) is 2.35. The molecule has 0 aliphatic carbocycles. The molecule has 1 atom stereocenters. The second-order valence-corrected chi connectivity index (χ2v) is 5.90. The van der Waals surface area contributed by atoms with Crippen molar-refractivity contribution < 1.29 is 14.3 Å². The normalized spacial score (nSPS) is 13.2. The van der Waals surface area contributed by atoms with E-state index < -0.39 is 6.10 Å². The number of rotatable bonds is 9. The van der Waals surface area contributed by atoms with Crippen LogP contribution in [-0.2, 0) is 24.9 Å². The first kappa shape index (κ1) is 16.8. The van der Waals surface area contributed by atoms with E-state index in [-0.39, 0.29) is 6.10 Å². The van der Waals surface area contributed by atoms with Crippen molar-refractivity contribution in [1.29, 1.82) is 0 Å². The molecule has 5 heteroatoms. The summed E-state index contributed by atoms with van der Waals surface area (Å²) in [7, 11) is 2.03. The van der Waals surface area contributed by atoms with E-state index in [9.17, 15) is 5.11 Å². The third-order valence-corrected chi connectivity index (χ3v) is 3.49. The van der Waals surface area contributed by atoms with Gasteiger partial charge in [0.05, 0.1) is 31.6 Å². The number of aliphatic hydroxyl groups excluding tert-OH is 1. The standard InChI is InChI=1S/C17H26N2O3/c1-14(2)22-13-16(20)11-19(12-17-7-5-9-21-17)10-15-6-4-8-18(15)3/h4-9,14,16,20H,10-13H2,1-3H3. The van der Waals surface area contributed by atoms with Gasteiger partial charge in [-0.3, -0.25) is 4.90 Å². The SMILES string of the molecule is CC(C)OCC(O)CN(Cc1ccco1)Cc1cccn1C. The van der Waals surface area contributed by atoms with Gasteiger partial charge < -0.3 is 18.8 Å². The third-order valence-electron chi connectivity index (χ3n) is 3.49. The molecule has 0 radical (unpaired) electrons. The van der Waals surface area contributed by atoms with E-state index in [4.69, 9.17) is 9.15 Å². The summed E-state index contributed by atoms with van der Waals surface area (Å²) in [6, 6.07) is 7.95. The number of hydrogen-bond donors (Lipinski definition) is 1. The zero-order valence-corrected chi connectivity index (χ0v) is 13.6. The number of aliphatic hydroxyl groups is 1. The average molecular weight is 306 g/mol. The Morgan fingerprint density at radius 3 is 2.68 bits per heavy atom. The van der Waals surface area contributed by atoms with E-state index >= 15 is 0 Å². The van der Waals surface area contributed by atoms with Crippen LogP contribution in [0.1, 0.15) is 25.3 Å². The summed E-state index contributed by atoms with van der Waals surface area (Å²) in [6.07, 6.45) is 3.31. The van der Waals surface area contributed by atoms with Crippen LogP contribution in [0.3, 0.4) is 0 Å². The minimum absolute atomic E-state index is 0.126. The van der Waals surface area contributed by atoms with Gasteiger partial charge in [0.1, 0.15) is 5.76 Å². The second kappa shape index (κ2) is 8.17. The maximum atomic E-state index is 10.2. The first-order valence-electron chi connectivity index (χ1n) is 7.69. The Hall–Kier alpha value is -1.56. The molecule has 1 N–H and O–H groups in total. The Bertz CT molecular complexity index is 534. The Kier molecular flexibility index (Phi) is 6.24. The minimum atomic E-state index is -0.516.